The van der Waals surface area contributed by atoms with Crippen LogP contribution < -0.4 is 10.5 Å². The van der Waals surface area contributed by atoms with Crippen molar-refractivity contribution < 1.29 is 9.47 Å². The number of rotatable bonds is 4. The largest absolute Gasteiger partial charge is 0.492 e. The molecule has 1 fully saturated rings. The monoisotopic (exact) mass is 288 g/mol. The van der Waals surface area contributed by atoms with Gasteiger partial charge in [-0.05, 0) is 18.6 Å². The number of para-hydroxylation sites is 1. The minimum atomic E-state index is 0.306. The first-order chi connectivity index (χ1) is 9.75. The molecule has 1 aromatic heterocycles. The minimum absolute atomic E-state index is 0.306. The Morgan fingerprint density at radius 3 is 3.05 bits per heavy atom. The molecular formula is C15H16N2O2S. The summed E-state index contributed by atoms with van der Waals surface area (Å²) in [5.41, 5.74) is 7.35. The Bertz CT molecular complexity index is 639. The van der Waals surface area contributed by atoms with E-state index in [1.165, 1.54) is 0 Å². The van der Waals surface area contributed by atoms with E-state index in [2.05, 4.69) is 4.98 Å². The Morgan fingerprint density at radius 1 is 1.45 bits per heavy atom. The number of fused-ring (bicyclic) bond motifs is 1. The highest BCUT2D eigenvalue weighted by Gasteiger charge is 2.18. The smallest absolute Gasteiger partial charge is 0.140 e. The van der Waals surface area contributed by atoms with Gasteiger partial charge in [-0.15, -0.1) is 0 Å². The van der Waals surface area contributed by atoms with Gasteiger partial charge in [0.2, 0.25) is 0 Å². The second-order valence-electron chi connectivity index (χ2n) is 4.92. The fraction of sp³-hybridized carbons (Fsp3) is 0.333. The topological polar surface area (TPSA) is 57.4 Å². The van der Waals surface area contributed by atoms with E-state index in [0.29, 0.717) is 23.1 Å². The van der Waals surface area contributed by atoms with Gasteiger partial charge in [0.25, 0.3) is 0 Å². The predicted molar refractivity (Wildman–Crippen MR) is 82.1 cm³/mol. The van der Waals surface area contributed by atoms with Gasteiger partial charge in [-0.2, -0.15) is 0 Å². The molecular weight excluding hydrogens is 272 g/mol. The summed E-state index contributed by atoms with van der Waals surface area (Å²) >= 11 is 5.09. The quantitative estimate of drug-likeness (QED) is 0.875. The molecule has 1 aliphatic rings. The third kappa shape index (κ3) is 2.59. The Balaban J connectivity index is 1.96. The van der Waals surface area contributed by atoms with Crippen molar-refractivity contribution in [2.45, 2.75) is 6.42 Å². The van der Waals surface area contributed by atoms with Gasteiger partial charge in [-0.3, -0.25) is 4.98 Å². The van der Waals surface area contributed by atoms with Gasteiger partial charge in [0.1, 0.15) is 10.7 Å². The van der Waals surface area contributed by atoms with Crippen LogP contribution in [0.4, 0.5) is 0 Å². The maximum Gasteiger partial charge on any atom is 0.140 e. The summed E-state index contributed by atoms with van der Waals surface area (Å²) in [4.78, 5) is 4.68. The zero-order valence-electron chi connectivity index (χ0n) is 11.0. The first-order valence-electron chi connectivity index (χ1n) is 6.64. The summed E-state index contributed by atoms with van der Waals surface area (Å²) in [6.07, 6.45) is 2.72. The summed E-state index contributed by atoms with van der Waals surface area (Å²) < 4.78 is 11.4. The van der Waals surface area contributed by atoms with Crippen LogP contribution in [0.5, 0.6) is 5.75 Å². The van der Waals surface area contributed by atoms with E-state index in [1.54, 1.807) is 6.20 Å². The van der Waals surface area contributed by atoms with Crippen molar-refractivity contribution in [1.82, 2.24) is 4.98 Å². The van der Waals surface area contributed by atoms with Crippen molar-refractivity contribution in [3.8, 4) is 5.75 Å². The maximum absolute atomic E-state index is 6.01. The molecule has 4 nitrogen and oxygen atoms in total. The summed E-state index contributed by atoms with van der Waals surface area (Å²) in [6.45, 7) is 2.18. The molecule has 1 saturated heterocycles. The van der Waals surface area contributed by atoms with Gasteiger partial charge < -0.3 is 15.2 Å². The van der Waals surface area contributed by atoms with Gasteiger partial charge in [-0.1, -0.05) is 24.4 Å². The van der Waals surface area contributed by atoms with E-state index in [-0.39, 0.29) is 0 Å². The number of aromatic nitrogens is 1. The highest BCUT2D eigenvalue weighted by molar-refractivity contribution is 7.80. The number of benzene rings is 1. The third-order valence-corrected chi connectivity index (χ3v) is 3.70. The Kier molecular flexibility index (Phi) is 3.80. The molecule has 1 atom stereocenters. The fourth-order valence-corrected chi connectivity index (χ4v) is 2.51. The molecule has 0 bridgehead atoms. The van der Waals surface area contributed by atoms with Crippen LogP contribution in [0.15, 0.2) is 30.5 Å². The van der Waals surface area contributed by atoms with Crippen LogP contribution in [0.1, 0.15) is 12.0 Å². The highest BCUT2D eigenvalue weighted by Crippen LogP contribution is 2.29. The number of nitrogens with zero attached hydrogens (tertiary/aromatic N) is 1. The molecule has 0 radical (unpaired) electrons. The number of hydrogen-bond acceptors (Lipinski definition) is 4. The molecule has 0 saturated carbocycles. The van der Waals surface area contributed by atoms with E-state index in [4.69, 9.17) is 27.4 Å². The first kappa shape index (κ1) is 13.3. The van der Waals surface area contributed by atoms with E-state index in [1.807, 2.05) is 24.3 Å². The lowest BCUT2D eigenvalue weighted by Gasteiger charge is -2.15. The lowest BCUT2D eigenvalue weighted by molar-refractivity contribution is 0.167. The zero-order chi connectivity index (χ0) is 13.9. The van der Waals surface area contributed by atoms with E-state index in [9.17, 15) is 0 Å². The molecule has 0 aliphatic carbocycles. The average Bonchev–Trinajstić information content (AvgIpc) is 2.97. The van der Waals surface area contributed by atoms with Gasteiger partial charge >= 0.3 is 0 Å². The summed E-state index contributed by atoms with van der Waals surface area (Å²) in [7, 11) is 0. The zero-order valence-corrected chi connectivity index (χ0v) is 11.9. The maximum atomic E-state index is 6.01. The van der Waals surface area contributed by atoms with E-state index < -0.39 is 0 Å². The van der Waals surface area contributed by atoms with Gasteiger partial charge in [0.15, 0.2) is 0 Å². The molecule has 1 aromatic carbocycles. The molecule has 2 N–H and O–H groups in total. The Morgan fingerprint density at radius 2 is 2.30 bits per heavy atom. The molecule has 0 amide bonds. The molecule has 2 aromatic rings. The van der Waals surface area contributed by atoms with Gasteiger partial charge in [0.05, 0.1) is 24.3 Å². The molecule has 2 heterocycles. The normalized spacial score (nSPS) is 18.3. The van der Waals surface area contributed by atoms with Crippen LogP contribution in [0.2, 0.25) is 0 Å². The third-order valence-electron chi connectivity index (χ3n) is 3.48. The van der Waals surface area contributed by atoms with Crippen molar-refractivity contribution in [2.24, 2.45) is 11.7 Å². The lowest BCUT2D eigenvalue weighted by atomic mass is 10.1. The van der Waals surface area contributed by atoms with Gasteiger partial charge in [-0.25, -0.2) is 0 Å². The molecule has 3 rings (SSSR count). The second kappa shape index (κ2) is 5.73. The predicted octanol–water partition coefficient (Wildman–Crippen LogP) is 2.28. The molecule has 0 spiro atoms. The minimum Gasteiger partial charge on any atom is -0.492 e. The summed E-state index contributed by atoms with van der Waals surface area (Å²) in [5, 5.41) is 0.941. The van der Waals surface area contributed by atoms with Crippen molar-refractivity contribution in [2.75, 3.05) is 19.8 Å². The average molecular weight is 288 g/mol. The van der Waals surface area contributed by atoms with Crippen LogP contribution in [-0.2, 0) is 4.74 Å². The van der Waals surface area contributed by atoms with Crippen molar-refractivity contribution in [1.29, 1.82) is 0 Å². The van der Waals surface area contributed by atoms with Crippen LogP contribution in [0.25, 0.3) is 10.9 Å². The van der Waals surface area contributed by atoms with Crippen LogP contribution in [-0.4, -0.2) is 29.8 Å². The van der Waals surface area contributed by atoms with E-state index in [0.717, 1.165) is 36.3 Å². The molecule has 1 unspecified atom stereocenters. The van der Waals surface area contributed by atoms with Crippen LogP contribution in [0.3, 0.4) is 0 Å². The highest BCUT2D eigenvalue weighted by atomic mass is 32.1. The van der Waals surface area contributed by atoms with Crippen molar-refractivity contribution in [3.05, 3.63) is 36.0 Å². The number of pyridine rings is 1. The number of thiocarbonyl (C=S) groups is 1. The van der Waals surface area contributed by atoms with Crippen molar-refractivity contribution in [3.63, 3.8) is 0 Å². The van der Waals surface area contributed by atoms with Crippen LogP contribution in [0, 0.1) is 5.92 Å². The number of nitrogens with two attached hydrogens (primary N) is 1. The fourth-order valence-electron chi connectivity index (χ4n) is 2.36. The summed E-state index contributed by atoms with van der Waals surface area (Å²) in [6, 6.07) is 7.83. The molecule has 1 aliphatic heterocycles. The number of ether oxygens (including phenoxy) is 2. The SMILES string of the molecule is NC(=S)c1cnc2ccccc2c1OCC1CCOC1. The van der Waals surface area contributed by atoms with Crippen LogP contribution >= 0.6 is 12.2 Å². The number of hydrogen-bond donors (Lipinski definition) is 1. The molecule has 104 valence electrons. The van der Waals surface area contributed by atoms with Gasteiger partial charge in [0, 0.05) is 24.1 Å². The molecule has 5 heteroatoms. The Hall–Kier alpha value is -1.72. The second-order valence-corrected chi connectivity index (χ2v) is 5.36. The van der Waals surface area contributed by atoms with E-state index >= 15 is 0 Å². The lowest BCUT2D eigenvalue weighted by Crippen LogP contribution is -2.16. The first-order valence-corrected chi connectivity index (χ1v) is 7.04. The molecule has 20 heavy (non-hydrogen) atoms. The Labute approximate surface area is 122 Å². The summed E-state index contributed by atoms with van der Waals surface area (Å²) in [5.74, 6) is 1.16. The van der Waals surface area contributed by atoms with Crippen molar-refractivity contribution >= 4 is 28.1 Å². The standard InChI is InChI=1S/C15H16N2O2S/c16-15(20)12-7-17-13-4-2-1-3-11(13)14(12)19-9-10-5-6-18-8-10/h1-4,7,10H,5-6,8-9H2,(H2,16,20).